The lowest BCUT2D eigenvalue weighted by atomic mass is 10.1. The Hall–Kier alpha value is -0.930. The highest BCUT2D eigenvalue weighted by atomic mass is 35.5. The van der Waals surface area contributed by atoms with Gasteiger partial charge in [0.15, 0.2) is 0 Å². The molecule has 0 spiro atoms. The Morgan fingerprint density at radius 1 is 1.50 bits per heavy atom. The number of carbonyl (C=O) groups is 1. The third-order valence-corrected chi connectivity index (χ3v) is 3.37. The van der Waals surface area contributed by atoms with Crippen molar-refractivity contribution in [2.24, 2.45) is 0 Å². The van der Waals surface area contributed by atoms with Crippen LogP contribution in [0.2, 0.25) is 5.02 Å². The molecule has 98 valence electrons. The van der Waals surface area contributed by atoms with Crippen molar-refractivity contribution in [1.29, 1.82) is 0 Å². The fourth-order valence-corrected chi connectivity index (χ4v) is 2.27. The molecule has 1 aliphatic rings. The summed E-state index contributed by atoms with van der Waals surface area (Å²) < 4.78 is 5.21. The first-order valence-corrected chi connectivity index (χ1v) is 6.79. The maximum absolute atomic E-state index is 12.5. The van der Waals surface area contributed by atoms with Crippen LogP contribution < -0.4 is 4.74 Å². The van der Waals surface area contributed by atoms with Crippen molar-refractivity contribution >= 4 is 29.1 Å². The lowest BCUT2D eigenvalue weighted by Gasteiger charge is -2.22. The highest BCUT2D eigenvalue weighted by Gasteiger charge is 2.33. The molecule has 0 aliphatic heterocycles. The van der Waals surface area contributed by atoms with Crippen LogP contribution >= 0.6 is 23.2 Å². The molecule has 1 saturated carbocycles. The monoisotopic (exact) mass is 287 g/mol. The molecule has 1 amide bonds. The summed E-state index contributed by atoms with van der Waals surface area (Å²) >= 11 is 11.6. The average Bonchev–Trinajstić information content (AvgIpc) is 3.19. The van der Waals surface area contributed by atoms with Gasteiger partial charge in [0.05, 0.1) is 12.7 Å². The fourth-order valence-electron chi connectivity index (χ4n) is 1.92. The van der Waals surface area contributed by atoms with Gasteiger partial charge in [0, 0.05) is 23.5 Å². The van der Waals surface area contributed by atoms with E-state index in [2.05, 4.69) is 0 Å². The Morgan fingerprint density at radius 2 is 2.22 bits per heavy atom. The van der Waals surface area contributed by atoms with E-state index in [9.17, 15) is 4.79 Å². The number of carbonyl (C=O) groups excluding carboxylic acids is 1. The number of rotatable bonds is 5. The SMILES string of the molecule is COc1cc(Cl)ccc1C(=O)N(CCCl)C1CC1. The Kier molecular flexibility index (Phi) is 4.36. The lowest BCUT2D eigenvalue weighted by Crippen LogP contribution is -2.35. The zero-order valence-electron chi connectivity index (χ0n) is 10.2. The largest absolute Gasteiger partial charge is 0.496 e. The smallest absolute Gasteiger partial charge is 0.257 e. The normalized spacial score (nSPS) is 14.4. The van der Waals surface area contributed by atoms with Gasteiger partial charge >= 0.3 is 0 Å². The Labute approximate surface area is 117 Å². The molecule has 1 aliphatic carbocycles. The lowest BCUT2D eigenvalue weighted by molar-refractivity contribution is 0.0750. The van der Waals surface area contributed by atoms with E-state index in [-0.39, 0.29) is 5.91 Å². The average molecular weight is 288 g/mol. The summed E-state index contributed by atoms with van der Waals surface area (Å²) in [5.74, 6) is 0.914. The summed E-state index contributed by atoms with van der Waals surface area (Å²) in [5.41, 5.74) is 0.541. The third kappa shape index (κ3) is 2.90. The Morgan fingerprint density at radius 3 is 2.78 bits per heavy atom. The Balaban J connectivity index is 2.26. The van der Waals surface area contributed by atoms with E-state index in [0.717, 1.165) is 12.8 Å². The predicted molar refractivity (Wildman–Crippen MR) is 72.8 cm³/mol. The molecule has 1 aromatic carbocycles. The highest BCUT2D eigenvalue weighted by molar-refractivity contribution is 6.30. The molecule has 3 nitrogen and oxygen atoms in total. The van der Waals surface area contributed by atoms with Gasteiger partial charge in [-0.15, -0.1) is 11.6 Å². The van der Waals surface area contributed by atoms with E-state index >= 15 is 0 Å². The number of methoxy groups -OCH3 is 1. The molecule has 0 saturated heterocycles. The van der Waals surface area contributed by atoms with Gasteiger partial charge in [-0.1, -0.05) is 11.6 Å². The van der Waals surface area contributed by atoms with Crippen LogP contribution in [0.1, 0.15) is 23.2 Å². The van der Waals surface area contributed by atoms with Crippen molar-refractivity contribution in [3.63, 3.8) is 0 Å². The van der Waals surface area contributed by atoms with Gasteiger partial charge in [0.25, 0.3) is 5.91 Å². The summed E-state index contributed by atoms with van der Waals surface area (Å²) in [6, 6.07) is 5.38. The molecule has 0 atom stereocenters. The maximum Gasteiger partial charge on any atom is 0.257 e. The van der Waals surface area contributed by atoms with E-state index < -0.39 is 0 Å². The standard InChI is InChI=1S/C13H15Cl2NO2/c1-18-12-8-9(15)2-5-11(12)13(17)16(7-6-14)10-3-4-10/h2,5,8,10H,3-4,6-7H2,1H3. The van der Waals surface area contributed by atoms with Crippen LogP contribution in [0.4, 0.5) is 0 Å². The first kappa shape index (κ1) is 13.5. The number of nitrogens with zero attached hydrogens (tertiary/aromatic N) is 1. The molecule has 18 heavy (non-hydrogen) atoms. The molecule has 0 aromatic heterocycles. The minimum absolute atomic E-state index is 0.0355. The van der Waals surface area contributed by atoms with Crippen molar-refractivity contribution in [3.8, 4) is 5.75 Å². The summed E-state index contributed by atoms with van der Waals surface area (Å²) in [7, 11) is 1.53. The number of amides is 1. The van der Waals surface area contributed by atoms with Crippen molar-refractivity contribution < 1.29 is 9.53 Å². The van der Waals surface area contributed by atoms with Crippen LogP contribution in [0.5, 0.6) is 5.75 Å². The van der Waals surface area contributed by atoms with Crippen LogP contribution in [-0.4, -0.2) is 36.4 Å². The minimum atomic E-state index is -0.0355. The molecule has 1 fully saturated rings. The summed E-state index contributed by atoms with van der Waals surface area (Å²) in [6.45, 7) is 0.566. The third-order valence-electron chi connectivity index (χ3n) is 2.97. The molecule has 5 heteroatoms. The van der Waals surface area contributed by atoms with Crippen molar-refractivity contribution in [1.82, 2.24) is 4.90 Å². The number of hydrogen-bond donors (Lipinski definition) is 0. The van der Waals surface area contributed by atoms with E-state index in [1.807, 2.05) is 4.90 Å². The number of alkyl halides is 1. The second-order valence-electron chi connectivity index (χ2n) is 4.26. The molecule has 1 aromatic rings. The molecule has 0 heterocycles. The van der Waals surface area contributed by atoms with Gasteiger partial charge in [0.1, 0.15) is 5.75 Å². The van der Waals surface area contributed by atoms with Crippen LogP contribution in [-0.2, 0) is 0 Å². The van der Waals surface area contributed by atoms with Gasteiger partial charge in [0.2, 0.25) is 0 Å². The second-order valence-corrected chi connectivity index (χ2v) is 5.08. The fraction of sp³-hybridized carbons (Fsp3) is 0.462. The molecular formula is C13H15Cl2NO2. The molecule has 2 rings (SSSR count). The second kappa shape index (κ2) is 5.81. The maximum atomic E-state index is 12.5. The minimum Gasteiger partial charge on any atom is -0.496 e. The van der Waals surface area contributed by atoms with Gasteiger partial charge in [-0.2, -0.15) is 0 Å². The number of benzene rings is 1. The summed E-state index contributed by atoms with van der Waals surface area (Å²) in [5, 5.41) is 0.554. The van der Waals surface area contributed by atoms with Crippen LogP contribution in [0.25, 0.3) is 0 Å². The Bertz CT molecular complexity index is 447. The van der Waals surface area contributed by atoms with Crippen LogP contribution in [0.15, 0.2) is 18.2 Å². The molecule has 0 radical (unpaired) electrons. The van der Waals surface area contributed by atoms with E-state index in [1.54, 1.807) is 18.2 Å². The van der Waals surface area contributed by atoms with Gasteiger partial charge in [-0.3, -0.25) is 4.79 Å². The molecular weight excluding hydrogens is 273 g/mol. The van der Waals surface area contributed by atoms with E-state index in [1.165, 1.54) is 7.11 Å². The zero-order valence-corrected chi connectivity index (χ0v) is 11.7. The van der Waals surface area contributed by atoms with Crippen molar-refractivity contribution in [2.45, 2.75) is 18.9 Å². The predicted octanol–water partition coefficient (Wildman–Crippen LogP) is 3.19. The van der Waals surface area contributed by atoms with E-state index in [4.69, 9.17) is 27.9 Å². The first-order valence-electron chi connectivity index (χ1n) is 5.88. The number of ether oxygens (including phenoxy) is 1. The topological polar surface area (TPSA) is 29.5 Å². The van der Waals surface area contributed by atoms with Gasteiger partial charge in [-0.25, -0.2) is 0 Å². The number of halogens is 2. The van der Waals surface area contributed by atoms with Crippen LogP contribution in [0, 0.1) is 0 Å². The van der Waals surface area contributed by atoms with Crippen molar-refractivity contribution in [2.75, 3.05) is 19.5 Å². The summed E-state index contributed by atoms with van der Waals surface area (Å²) in [4.78, 5) is 14.3. The van der Waals surface area contributed by atoms with Crippen LogP contribution in [0.3, 0.4) is 0 Å². The van der Waals surface area contributed by atoms with Gasteiger partial charge in [-0.05, 0) is 31.0 Å². The molecule has 0 bridgehead atoms. The molecule has 0 N–H and O–H groups in total. The van der Waals surface area contributed by atoms with E-state index in [0.29, 0.717) is 34.8 Å². The first-order chi connectivity index (χ1) is 8.67. The van der Waals surface area contributed by atoms with Gasteiger partial charge < -0.3 is 9.64 Å². The molecule has 0 unspecified atom stereocenters. The number of hydrogen-bond acceptors (Lipinski definition) is 2. The quantitative estimate of drug-likeness (QED) is 0.779. The zero-order chi connectivity index (χ0) is 13.1. The highest BCUT2D eigenvalue weighted by Crippen LogP contribution is 2.31. The van der Waals surface area contributed by atoms with Crippen molar-refractivity contribution in [3.05, 3.63) is 28.8 Å². The summed E-state index contributed by atoms with van der Waals surface area (Å²) in [6.07, 6.45) is 2.11.